The van der Waals surface area contributed by atoms with Gasteiger partial charge in [-0.1, -0.05) is 37.5 Å². The number of piperazine rings is 1. The van der Waals surface area contributed by atoms with Gasteiger partial charge in [-0.05, 0) is 42.7 Å². The van der Waals surface area contributed by atoms with E-state index in [1.54, 1.807) is 28.1 Å². The fourth-order valence-corrected chi connectivity index (χ4v) is 4.20. The van der Waals surface area contributed by atoms with Crippen LogP contribution in [0.3, 0.4) is 0 Å². The summed E-state index contributed by atoms with van der Waals surface area (Å²) < 4.78 is 0. The van der Waals surface area contributed by atoms with Gasteiger partial charge in [0, 0.05) is 37.4 Å². The third kappa shape index (κ3) is 5.29. The van der Waals surface area contributed by atoms with Crippen LogP contribution in [-0.2, 0) is 22.7 Å². The second-order valence-corrected chi connectivity index (χ2v) is 8.28. The molecule has 162 valence electrons. The first-order chi connectivity index (χ1) is 15.1. The maximum Gasteiger partial charge on any atom is 0.312 e. The molecule has 2 fully saturated rings. The summed E-state index contributed by atoms with van der Waals surface area (Å²) in [5.41, 5.74) is 2.28. The van der Waals surface area contributed by atoms with Crippen molar-refractivity contribution in [1.82, 2.24) is 20.1 Å². The van der Waals surface area contributed by atoms with Crippen LogP contribution in [0.15, 0.2) is 48.7 Å². The van der Waals surface area contributed by atoms with Gasteiger partial charge in [0.2, 0.25) is 0 Å². The average Bonchev–Trinajstić information content (AvgIpc) is 2.80. The fourth-order valence-electron chi connectivity index (χ4n) is 4.20. The van der Waals surface area contributed by atoms with Crippen LogP contribution in [0.25, 0.3) is 0 Å². The van der Waals surface area contributed by atoms with Crippen LogP contribution in [0.1, 0.15) is 53.7 Å². The van der Waals surface area contributed by atoms with E-state index in [9.17, 15) is 14.4 Å². The predicted molar refractivity (Wildman–Crippen MR) is 116 cm³/mol. The smallest absolute Gasteiger partial charge is 0.312 e. The minimum atomic E-state index is -0.500. The molecule has 7 heteroatoms. The average molecular weight is 421 g/mol. The molecule has 0 radical (unpaired) electrons. The van der Waals surface area contributed by atoms with E-state index in [0.717, 1.165) is 24.1 Å². The number of carbonyl (C=O) groups is 3. The van der Waals surface area contributed by atoms with Crippen molar-refractivity contribution in [2.45, 2.75) is 51.2 Å². The molecule has 1 saturated heterocycles. The van der Waals surface area contributed by atoms with E-state index in [0.29, 0.717) is 31.7 Å². The zero-order valence-electron chi connectivity index (χ0n) is 17.6. The van der Waals surface area contributed by atoms with Crippen molar-refractivity contribution in [2.24, 2.45) is 0 Å². The summed E-state index contributed by atoms with van der Waals surface area (Å²) in [6, 6.07) is 13.1. The predicted octanol–water partition coefficient (Wildman–Crippen LogP) is 2.52. The lowest BCUT2D eigenvalue weighted by Crippen LogP contribution is -2.53. The Morgan fingerprint density at radius 1 is 0.903 bits per heavy atom. The molecule has 1 aromatic carbocycles. The highest BCUT2D eigenvalue weighted by atomic mass is 16.2. The summed E-state index contributed by atoms with van der Waals surface area (Å²) in [4.78, 5) is 44.9. The molecular formula is C24H28N4O3. The molecule has 0 atom stereocenters. The van der Waals surface area contributed by atoms with Crippen molar-refractivity contribution in [2.75, 3.05) is 13.1 Å². The van der Waals surface area contributed by atoms with E-state index in [-0.39, 0.29) is 11.9 Å². The number of nitrogens with zero attached hydrogens (tertiary/aromatic N) is 3. The van der Waals surface area contributed by atoms with Gasteiger partial charge in [0.05, 0.1) is 12.2 Å². The number of hydrogen-bond donors (Lipinski definition) is 1. The highest BCUT2D eigenvalue weighted by molar-refractivity contribution is 6.35. The Labute approximate surface area is 182 Å². The lowest BCUT2D eigenvalue weighted by atomic mass is 9.95. The molecule has 1 aromatic heterocycles. The SMILES string of the molecule is O=C(NC1CCCCC1)c1ccc(CN2CCN(Cc3ccccn3)C(=O)C2=O)cc1. The van der Waals surface area contributed by atoms with E-state index in [4.69, 9.17) is 0 Å². The molecule has 0 unspecified atom stereocenters. The zero-order valence-corrected chi connectivity index (χ0v) is 17.6. The maximum absolute atomic E-state index is 12.6. The van der Waals surface area contributed by atoms with Crippen molar-refractivity contribution >= 4 is 17.7 Å². The fraction of sp³-hybridized carbons (Fsp3) is 0.417. The van der Waals surface area contributed by atoms with Crippen LogP contribution in [0.4, 0.5) is 0 Å². The Kier molecular flexibility index (Phi) is 6.60. The standard InChI is InChI=1S/C24H28N4O3/c29-22(26-20-6-2-1-3-7-20)19-11-9-18(10-12-19)16-27-14-15-28(24(31)23(27)30)17-21-8-4-5-13-25-21/h4-5,8-13,20H,1-3,6-7,14-17H2,(H,26,29). The summed E-state index contributed by atoms with van der Waals surface area (Å²) >= 11 is 0. The topological polar surface area (TPSA) is 82.6 Å². The minimum absolute atomic E-state index is 0.0483. The summed E-state index contributed by atoms with van der Waals surface area (Å²) in [6.45, 7) is 1.64. The molecule has 7 nitrogen and oxygen atoms in total. The maximum atomic E-state index is 12.6. The molecule has 1 aliphatic heterocycles. The van der Waals surface area contributed by atoms with E-state index < -0.39 is 11.8 Å². The van der Waals surface area contributed by atoms with Crippen molar-refractivity contribution in [3.8, 4) is 0 Å². The number of rotatable bonds is 6. The Hall–Kier alpha value is -3.22. The third-order valence-electron chi connectivity index (χ3n) is 6.01. The number of pyridine rings is 1. The molecule has 1 N–H and O–H groups in total. The molecule has 4 rings (SSSR count). The first kappa shape index (κ1) is 21.0. The summed E-state index contributed by atoms with van der Waals surface area (Å²) in [5.74, 6) is -1.05. The Morgan fingerprint density at radius 3 is 2.23 bits per heavy atom. The highest BCUT2D eigenvalue weighted by Gasteiger charge is 2.32. The number of carbonyl (C=O) groups excluding carboxylic acids is 3. The lowest BCUT2D eigenvalue weighted by Gasteiger charge is -2.33. The van der Waals surface area contributed by atoms with E-state index in [2.05, 4.69) is 10.3 Å². The molecule has 1 aliphatic carbocycles. The number of aromatic nitrogens is 1. The Bertz CT molecular complexity index is 924. The molecule has 0 bridgehead atoms. The van der Waals surface area contributed by atoms with Crippen LogP contribution in [-0.4, -0.2) is 51.6 Å². The van der Waals surface area contributed by atoms with Crippen LogP contribution < -0.4 is 5.32 Å². The van der Waals surface area contributed by atoms with Crippen LogP contribution in [0, 0.1) is 0 Å². The van der Waals surface area contributed by atoms with Crippen LogP contribution >= 0.6 is 0 Å². The van der Waals surface area contributed by atoms with E-state index >= 15 is 0 Å². The number of benzene rings is 1. The second-order valence-electron chi connectivity index (χ2n) is 8.28. The molecule has 3 amide bonds. The first-order valence-electron chi connectivity index (χ1n) is 11.0. The summed E-state index contributed by atoms with van der Waals surface area (Å²) in [6.07, 6.45) is 7.37. The van der Waals surface area contributed by atoms with Crippen LogP contribution in [0.2, 0.25) is 0 Å². The molecular weight excluding hydrogens is 392 g/mol. The highest BCUT2D eigenvalue weighted by Crippen LogP contribution is 2.18. The van der Waals surface area contributed by atoms with Gasteiger partial charge in [0.25, 0.3) is 5.91 Å². The van der Waals surface area contributed by atoms with E-state index in [1.807, 2.05) is 30.3 Å². The monoisotopic (exact) mass is 420 g/mol. The minimum Gasteiger partial charge on any atom is -0.349 e. The quantitative estimate of drug-likeness (QED) is 0.728. The van der Waals surface area contributed by atoms with Gasteiger partial charge < -0.3 is 15.1 Å². The molecule has 2 heterocycles. The lowest BCUT2D eigenvalue weighted by molar-refractivity contribution is -0.156. The summed E-state index contributed by atoms with van der Waals surface area (Å²) in [5, 5.41) is 3.11. The number of amides is 3. The largest absolute Gasteiger partial charge is 0.349 e. The van der Waals surface area contributed by atoms with Crippen molar-refractivity contribution in [3.63, 3.8) is 0 Å². The van der Waals surface area contributed by atoms with Gasteiger partial charge in [-0.3, -0.25) is 19.4 Å². The van der Waals surface area contributed by atoms with Crippen LogP contribution in [0.5, 0.6) is 0 Å². The molecule has 0 spiro atoms. The molecule has 2 aromatic rings. The normalized spacial score (nSPS) is 17.7. The van der Waals surface area contributed by atoms with Gasteiger partial charge >= 0.3 is 11.8 Å². The zero-order chi connectivity index (χ0) is 21.6. The van der Waals surface area contributed by atoms with Crippen molar-refractivity contribution in [1.29, 1.82) is 0 Å². The van der Waals surface area contributed by atoms with E-state index in [1.165, 1.54) is 19.3 Å². The number of hydrogen-bond acceptors (Lipinski definition) is 4. The molecule has 2 aliphatic rings. The third-order valence-corrected chi connectivity index (χ3v) is 6.01. The Morgan fingerprint density at radius 2 is 1.58 bits per heavy atom. The van der Waals surface area contributed by atoms with Gasteiger partial charge in [-0.15, -0.1) is 0 Å². The van der Waals surface area contributed by atoms with Gasteiger partial charge in [0.15, 0.2) is 0 Å². The first-order valence-corrected chi connectivity index (χ1v) is 11.0. The molecule has 31 heavy (non-hydrogen) atoms. The van der Waals surface area contributed by atoms with Gasteiger partial charge in [-0.25, -0.2) is 0 Å². The van der Waals surface area contributed by atoms with Crippen molar-refractivity contribution < 1.29 is 14.4 Å². The van der Waals surface area contributed by atoms with Gasteiger partial charge in [0.1, 0.15) is 0 Å². The Balaban J connectivity index is 1.31. The molecule has 1 saturated carbocycles. The second kappa shape index (κ2) is 9.73. The summed E-state index contributed by atoms with van der Waals surface area (Å²) in [7, 11) is 0. The van der Waals surface area contributed by atoms with Crippen molar-refractivity contribution in [3.05, 3.63) is 65.5 Å². The van der Waals surface area contributed by atoms with Gasteiger partial charge in [-0.2, -0.15) is 0 Å². The number of nitrogens with one attached hydrogen (secondary N) is 1.